The van der Waals surface area contributed by atoms with E-state index in [4.69, 9.17) is 21.1 Å². The fraction of sp³-hybridized carbons (Fsp3) is 0.389. The molecule has 9 heteroatoms. The number of thiazole rings is 1. The summed E-state index contributed by atoms with van der Waals surface area (Å²) in [5.41, 5.74) is 0.781. The van der Waals surface area contributed by atoms with Crippen LogP contribution in [-0.2, 0) is 19.1 Å². The first kappa shape index (κ1) is 20.0. The molecular weight excluding hydrogens is 410 g/mol. The van der Waals surface area contributed by atoms with Crippen molar-refractivity contribution in [2.75, 3.05) is 13.2 Å². The number of hydrogen-bond acceptors (Lipinski definition) is 7. The van der Waals surface area contributed by atoms with Gasteiger partial charge >= 0.3 is 16.8 Å². The summed E-state index contributed by atoms with van der Waals surface area (Å²) in [6.45, 7) is 3.81. The minimum Gasteiger partial charge on any atom is -0.466 e. The summed E-state index contributed by atoms with van der Waals surface area (Å²) >= 11 is 8.18. The Balaban J connectivity index is 2.15. The molecule has 3 rings (SSSR count). The number of H-pyrrole nitrogens is 1. The lowest BCUT2D eigenvalue weighted by Crippen LogP contribution is -2.41. The maximum Gasteiger partial charge on any atom is 0.320 e. The molecule has 1 aromatic heterocycles. The Hall–Kier alpha value is -1.77. The van der Waals surface area contributed by atoms with Gasteiger partial charge in [0.05, 0.1) is 24.2 Å². The van der Waals surface area contributed by atoms with E-state index in [-0.39, 0.29) is 18.1 Å². The summed E-state index contributed by atoms with van der Waals surface area (Å²) in [6.07, 6.45) is 0. The highest BCUT2D eigenvalue weighted by atomic mass is 35.5. The molecule has 3 atom stereocenters. The summed E-state index contributed by atoms with van der Waals surface area (Å²) in [5.74, 6) is -2.31. The maximum absolute atomic E-state index is 12.8. The average Bonchev–Trinajstić information content (AvgIpc) is 3.01. The van der Waals surface area contributed by atoms with Gasteiger partial charge in [-0.15, -0.1) is 0 Å². The molecule has 0 aliphatic carbocycles. The van der Waals surface area contributed by atoms with Crippen LogP contribution in [0.3, 0.4) is 0 Å². The Morgan fingerprint density at radius 2 is 1.74 bits per heavy atom. The molecule has 27 heavy (non-hydrogen) atoms. The number of hydrogen-bond donors (Lipinski definition) is 1. The molecule has 0 saturated heterocycles. The van der Waals surface area contributed by atoms with Crippen molar-refractivity contribution in [1.29, 1.82) is 0 Å². The van der Waals surface area contributed by atoms with Crippen LogP contribution in [0, 0.1) is 5.92 Å². The Bertz CT molecular complexity index is 892. The molecule has 1 N–H and O–H groups in total. The second-order valence-corrected chi connectivity index (χ2v) is 8.41. The van der Waals surface area contributed by atoms with Crippen molar-refractivity contribution < 1.29 is 19.1 Å². The highest BCUT2D eigenvalue weighted by Crippen LogP contribution is 2.49. The first-order valence-corrected chi connectivity index (χ1v) is 10.5. The lowest BCUT2D eigenvalue weighted by atomic mass is 9.82. The van der Waals surface area contributed by atoms with Gasteiger partial charge in [-0.2, -0.15) is 0 Å². The van der Waals surface area contributed by atoms with Crippen LogP contribution >= 0.6 is 34.7 Å². The summed E-state index contributed by atoms with van der Waals surface area (Å²) in [6, 6.07) is 7.03. The molecule has 0 fully saturated rings. The van der Waals surface area contributed by atoms with E-state index in [1.807, 2.05) is 0 Å². The molecule has 1 aromatic carbocycles. The number of nitrogens with one attached hydrogen (secondary N) is 1. The summed E-state index contributed by atoms with van der Waals surface area (Å²) in [5, 5.41) is 0.326. The number of thioether (sulfide) groups is 1. The van der Waals surface area contributed by atoms with E-state index >= 15 is 0 Å². The van der Waals surface area contributed by atoms with E-state index in [9.17, 15) is 14.4 Å². The van der Waals surface area contributed by atoms with Crippen LogP contribution in [0.2, 0.25) is 5.02 Å². The van der Waals surface area contributed by atoms with Gasteiger partial charge in [-0.25, -0.2) is 0 Å². The van der Waals surface area contributed by atoms with Crippen molar-refractivity contribution in [1.82, 2.24) is 4.98 Å². The Morgan fingerprint density at radius 3 is 2.37 bits per heavy atom. The van der Waals surface area contributed by atoms with Crippen molar-refractivity contribution in [2.24, 2.45) is 5.92 Å². The number of aromatic amines is 1. The predicted molar refractivity (Wildman–Crippen MR) is 105 cm³/mol. The molecular formula is C18H18ClNO5S2. The van der Waals surface area contributed by atoms with Crippen LogP contribution in [0.5, 0.6) is 0 Å². The number of aromatic nitrogens is 1. The first-order chi connectivity index (χ1) is 13.0. The number of benzene rings is 1. The number of halogens is 1. The van der Waals surface area contributed by atoms with E-state index in [1.165, 1.54) is 0 Å². The molecule has 144 valence electrons. The molecule has 0 spiro atoms. The van der Waals surface area contributed by atoms with Crippen molar-refractivity contribution in [3.63, 3.8) is 0 Å². The smallest absolute Gasteiger partial charge is 0.320 e. The molecule has 2 aromatic rings. The molecule has 0 bridgehead atoms. The van der Waals surface area contributed by atoms with Crippen LogP contribution in [0.25, 0.3) is 0 Å². The SMILES string of the molecule is CCOC(=O)[C@@H]1[C@H](c2ccc(Cl)cc2)c2sc(=O)[nH]c2S[C@H]1C(=O)OCC. The molecule has 0 radical (unpaired) electrons. The zero-order valence-electron chi connectivity index (χ0n) is 14.7. The van der Waals surface area contributed by atoms with Crippen molar-refractivity contribution >= 4 is 46.6 Å². The van der Waals surface area contributed by atoms with Gasteiger partial charge < -0.3 is 14.5 Å². The normalized spacial score (nSPS) is 21.4. The zero-order chi connectivity index (χ0) is 19.6. The summed E-state index contributed by atoms with van der Waals surface area (Å²) < 4.78 is 10.5. The van der Waals surface area contributed by atoms with Gasteiger partial charge in [-0.05, 0) is 31.5 Å². The zero-order valence-corrected chi connectivity index (χ0v) is 17.1. The number of rotatable bonds is 5. The number of carbonyl (C=O) groups is 2. The van der Waals surface area contributed by atoms with Crippen LogP contribution in [0.4, 0.5) is 0 Å². The minimum absolute atomic E-state index is 0.194. The quantitative estimate of drug-likeness (QED) is 0.735. The fourth-order valence-corrected chi connectivity index (χ4v) is 5.70. The van der Waals surface area contributed by atoms with E-state index in [1.54, 1.807) is 38.1 Å². The van der Waals surface area contributed by atoms with Crippen molar-refractivity contribution in [2.45, 2.75) is 30.0 Å². The standard InChI is InChI=1S/C18H18ClNO5S2/c1-3-24-16(21)12-11(9-5-7-10(19)8-6-9)13-15(20-18(23)27-13)26-14(12)17(22)25-4-2/h5-8,11-12,14H,3-4H2,1-2H3,(H,20,23)/t11-,12+,14+/m0/s1. The Morgan fingerprint density at radius 1 is 1.11 bits per heavy atom. The van der Waals surface area contributed by atoms with Gasteiger partial charge in [0.25, 0.3) is 0 Å². The molecule has 1 aliphatic heterocycles. The number of ether oxygens (including phenoxy) is 2. The van der Waals surface area contributed by atoms with Gasteiger partial charge in [0.1, 0.15) is 5.25 Å². The highest BCUT2D eigenvalue weighted by Gasteiger charge is 2.49. The lowest BCUT2D eigenvalue weighted by molar-refractivity contribution is -0.154. The third-order valence-corrected chi connectivity index (χ3v) is 6.81. The molecule has 1 aliphatic rings. The van der Waals surface area contributed by atoms with Gasteiger partial charge in [-0.3, -0.25) is 14.4 Å². The van der Waals surface area contributed by atoms with E-state index in [0.29, 0.717) is 14.9 Å². The molecule has 0 saturated carbocycles. The van der Waals surface area contributed by atoms with Crippen molar-refractivity contribution in [3.05, 3.63) is 49.4 Å². The molecule has 2 heterocycles. The second-order valence-electron chi connectivity index (χ2n) is 5.81. The van der Waals surface area contributed by atoms with Gasteiger partial charge in [0.15, 0.2) is 0 Å². The van der Waals surface area contributed by atoms with Gasteiger partial charge in [0, 0.05) is 15.8 Å². The van der Waals surface area contributed by atoms with Crippen molar-refractivity contribution in [3.8, 4) is 0 Å². The van der Waals surface area contributed by atoms with Crippen LogP contribution < -0.4 is 4.87 Å². The second kappa shape index (κ2) is 8.50. The first-order valence-electron chi connectivity index (χ1n) is 8.44. The van der Waals surface area contributed by atoms with Crippen LogP contribution in [0.15, 0.2) is 34.1 Å². The number of esters is 2. The van der Waals surface area contributed by atoms with Gasteiger partial charge in [0.2, 0.25) is 0 Å². The summed E-state index contributed by atoms with van der Waals surface area (Å²) in [7, 11) is 0. The number of carbonyl (C=O) groups excluding carboxylic acids is 2. The topological polar surface area (TPSA) is 85.5 Å². The van der Waals surface area contributed by atoms with E-state index in [0.717, 1.165) is 28.7 Å². The molecule has 6 nitrogen and oxygen atoms in total. The van der Waals surface area contributed by atoms with E-state index < -0.39 is 29.0 Å². The number of fused-ring (bicyclic) bond motifs is 1. The Labute approximate surface area is 169 Å². The van der Waals surface area contributed by atoms with Crippen LogP contribution in [-0.4, -0.2) is 35.4 Å². The van der Waals surface area contributed by atoms with Gasteiger partial charge in [-0.1, -0.05) is 46.8 Å². The third kappa shape index (κ3) is 4.07. The predicted octanol–water partition coefficient (Wildman–Crippen LogP) is 3.44. The average molecular weight is 428 g/mol. The van der Waals surface area contributed by atoms with E-state index in [2.05, 4.69) is 4.98 Å². The maximum atomic E-state index is 12.8. The summed E-state index contributed by atoms with van der Waals surface area (Å²) in [4.78, 5) is 40.7. The fourth-order valence-electron chi connectivity index (χ4n) is 3.10. The largest absolute Gasteiger partial charge is 0.466 e. The highest BCUT2D eigenvalue weighted by molar-refractivity contribution is 8.00. The molecule has 0 unspecified atom stereocenters. The monoisotopic (exact) mass is 427 g/mol. The minimum atomic E-state index is -0.817. The third-order valence-electron chi connectivity index (χ3n) is 4.16. The molecule has 0 amide bonds. The Kier molecular flexibility index (Phi) is 6.29. The lowest BCUT2D eigenvalue weighted by Gasteiger charge is -2.34. The van der Waals surface area contributed by atoms with Crippen LogP contribution in [0.1, 0.15) is 30.2 Å².